The Morgan fingerprint density at radius 2 is 2.12 bits per heavy atom. The number of amides is 1. The van der Waals surface area contributed by atoms with Crippen molar-refractivity contribution >= 4 is 29.6 Å². The largest absolute Gasteiger partial charge is 0.490 e. The summed E-state index contributed by atoms with van der Waals surface area (Å²) in [5, 5.41) is 5.53. The molecule has 0 aliphatic carbocycles. The van der Waals surface area contributed by atoms with Gasteiger partial charge in [-0.25, -0.2) is 15.0 Å². The Balaban J connectivity index is 2.14. The fourth-order valence-electron chi connectivity index (χ4n) is 1.71. The standard InChI is InChI=1S/C16H16N2O5S/c1-3-22-13-9-11(10-17-18-16(20)21-2)6-7-12(13)23-15(19)14-5-4-8-24-14/h4-10H,3H2,1-2H3,(H,18,20)/b17-10+. The van der Waals surface area contributed by atoms with Crippen LogP contribution in [0.15, 0.2) is 40.8 Å². The predicted molar refractivity (Wildman–Crippen MR) is 90.0 cm³/mol. The van der Waals surface area contributed by atoms with E-state index in [2.05, 4.69) is 15.3 Å². The highest BCUT2D eigenvalue weighted by Gasteiger charge is 2.13. The van der Waals surface area contributed by atoms with Gasteiger partial charge in [0.25, 0.3) is 0 Å². The Kier molecular flexibility index (Phi) is 6.32. The number of nitrogens with one attached hydrogen (secondary N) is 1. The van der Waals surface area contributed by atoms with Crippen LogP contribution in [-0.4, -0.2) is 32.0 Å². The molecule has 24 heavy (non-hydrogen) atoms. The predicted octanol–water partition coefficient (Wildman–Crippen LogP) is 3.06. The molecule has 0 spiro atoms. The first-order chi connectivity index (χ1) is 11.6. The lowest BCUT2D eigenvalue weighted by molar-refractivity contribution is 0.0733. The minimum atomic E-state index is -0.669. The molecule has 1 amide bonds. The second-order valence-electron chi connectivity index (χ2n) is 4.37. The second kappa shape index (κ2) is 8.68. The number of rotatable bonds is 6. The van der Waals surface area contributed by atoms with Crippen LogP contribution in [0.1, 0.15) is 22.2 Å². The summed E-state index contributed by atoms with van der Waals surface area (Å²) in [6, 6.07) is 8.41. The molecule has 0 aliphatic heterocycles. The van der Waals surface area contributed by atoms with Gasteiger partial charge in [-0.05, 0) is 42.1 Å². The van der Waals surface area contributed by atoms with Gasteiger partial charge in [0, 0.05) is 0 Å². The van der Waals surface area contributed by atoms with Gasteiger partial charge in [-0.2, -0.15) is 5.10 Å². The van der Waals surface area contributed by atoms with Crippen molar-refractivity contribution < 1.29 is 23.8 Å². The Morgan fingerprint density at radius 1 is 1.29 bits per heavy atom. The molecule has 1 aromatic carbocycles. The van der Waals surface area contributed by atoms with Gasteiger partial charge in [-0.1, -0.05) is 6.07 Å². The van der Waals surface area contributed by atoms with E-state index >= 15 is 0 Å². The summed E-state index contributed by atoms with van der Waals surface area (Å²) in [5.74, 6) is 0.275. The Hall–Kier alpha value is -2.87. The van der Waals surface area contributed by atoms with Crippen molar-refractivity contribution in [3.05, 3.63) is 46.2 Å². The zero-order chi connectivity index (χ0) is 17.4. The maximum absolute atomic E-state index is 12.0. The van der Waals surface area contributed by atoms with Crippen LogP contribution in [0.5, 0.6) is 11.5 Å². The molecule has 1 N–H and O–H groups in total. The highest BCUT2D eigenvalue weighted by molar-refractivity contribution is 7.12. The summed E-state index contributed by atoms with van der Waals surface area (Å²) < 4.78 is 15.3. The topological polar surface area (TPSA) is 86.2 Å². The molecule has 1 aromatic heterocycles. The molecule has 2 aromatic rings. The minimum Gasteiger partial charge on any atom is -0.490 e. The van der Waals surface area contributed by atoms with Crippen LogP contribution in [0, 0.1) is 0 Å². The highest BCUT2D eigenvalue weighted by Crippen LogP contribution is 2.29. The van der Waals surface area contributed by atoms with E-state index < -0.39 is 12.1 Å². The second-order valence-corrected chi connectivity index (χ2v) is 5.32. The third kappa shape index (κ3) is 4.82. The number of hydrogen-bond donors (Lipinski definition) is 1. The average molecular weight is 348 g/mol. The molecular formula is C16H16N2O5S. The number of carbonyl (C=O) groups excluding carboxylic acids is 2. The first-order valence-electron chi connectivity index (χ1n) is 7.03. The Morgan fingerprint density at radius 3 is 2.79 bits per heavy atom. The highest BCUT2D eigenvalue weighted by atomic mass is 32.1. The van der Waals surface area contributed by atoms with Gasteiger partial charge in [0.1, 0.15) is 4.88 Å². The number of ether oxygens (including phenoxy) is 3. The average Bonchev–Trinajstić information content (AvgIpc) is 3.11. The number of hydrazone groups is 1. The molecule has 0 radical (unpaired) electrons. The van der Waals surface area contributed by atoms with Crippen molar-refractivity contribution in [2.24, 2.45) is 5.10 Å². The number of carbonyl (C=O) groups is 2. The molecule has 8 heteroatoms. The van der Waals surface area contributed by atoms with E-state index in [1.54, 1.807) is 35.7 Å². The van der Waals surface area contributed by atoms with Crippen LogP contribution >= 0.6 is 11.3 Å². The minimum absolute atomic E-state index is 0.313. The maximum Gasteiger partial charge on any atom is 0.427 e. The van der Waals surface area contributed by atoms with Crippen LogP contribution in [0.2, 0.25) is 0 Å². The van der Waals surface area contributed by atoms with Crippen molar-refractivity contribution in [2.45, 2.75) is 6.92 Å². The molecule has 0 saturated carbocycles. The van der Waals surface area contributed by atoms with E-state index in [9.17, 15) is 9.59 Å². The van der Waals surface area contributed by atoms with Crippen LogP contribution < -0.4 is 14.9 Å². The summed E-state index contributed by atoms with van der Waals surface area (Å²) in [5.41, 5.74) is 2.84. The number of methoxy groups -OCH3 is 1. The van der Waals surface area contributed by atoms with Gasteiger partial charge in [-0.15, -0.1) is 11.3 Å². The van der Waals surface area contributed by atoms with Gasteiger partial charge in [0.15, 0.2) is 11.5 Å². The fraction of sp³-hybridized carbons (Fsp3) is 0.188. The number of nitrogens with zero attached hydrogens (tertiary/aromatic N) is 1. The van der Waals surface area contributed by atoms with Gasteiger partial charge < -0.3 is 14.2 Å². The Bertz CT molecular complexity index is 728. The monoisotopic (exact) mass is 348 g/mol. The number of benzene rings is 1. The SMILES string of the molecule is CCOc1cc(/C=N/NC(=O)OC)ccc1OC(=O)c1cccs1. The molecule has 0 saturated heterocycles. The molecule has 0 aliphatic rings. The third-order valence-corrected chi connectivity index (χ3v) is 3.60. The summed E-state index contributed by atoms with van der Waals surface area (Å²) >= 11 is 1.30. The van der Waals surface area contributed by atoms with E-state index in [1.165, 1.54) is 24.7 Å². The quantitative estimate of drug-likeness (QED) is 0.375. The van der Waals surface area contributed by atoms with Crippen LogP contribution in [0.3, 0.4) is 0 Å². The molecule has 0 bridgehead atoms. The first-order valence-corrected chi connectivity index (χ1v) is 7.91. The lowest BCUT2D eigenvalue weighted by atomic mass is 10.2. The van der Waals surface area contributed by atoms with Crippen LogP contribution in [-0.2, 0) is 4.74 Å². The molecule has 2 rings (SSSR count). The molecule has 0 fully saturated rings. The number of thiophene rings is 1. The zero-order valence-corrected chi connectivity index (χ0v) is 14.0. The van der Waals surface area contributed by atoms with E-state index in [0.717, 1.165) is 0 Å². The first kappa shape index (κ1) is 17.5. The Labute approximate surface area is 142 Å². The molecule has 7 nitrogen and oxygen atoms in total. The number of esters is 1. The lowest BCUT2D eigenvalue weighted by Gasteiger charge is -2.10. The summed E-state index contributed by atoms with van der Waals surface area (Å²) in [4.78, 5) is 23.5. The third-order valence-electron chi connectivity index (χ3n) is 2.75. The smallest absolute Gasteiger partial charge is 0.427 e. The molecular weight excluding hydrogens is 332 g/mol. The normalized spacial score (nSPS) is 10.4. The molecule has 0 unspecified atom stereocenters. The van der Waals surface area contributed by atoms with E-state index in [0.29, 0.717) is 28.5 Å². The van der Waals surface area contributed by atoms with Crippen molar-refractivity contribution in [3.63, 3.8) is 0 Å². The summed E-state index contributed by atoms with van der Waals surface area (Å²) in [7, 11) is 1.24. The van der Waals surface area contributed by atoms with Gasteiger partial charge in [0.05, 0.1) is 19.9 Å². The van der Waals surface area contributed by atoms with Crippen LogP contribution in [0.25, 0.3) is 0 Å². The van der Waals surface area contributed by atoms with Gasteiger partial charge in [-0.3, -0.25) is 0 Å². The van der Waals surface area contributed by atoms with Crippen molar-refractivity contribution in [1.82, 2.24) is 5.43 Å². The van der Waals surface area contributed by atoms with Crippen molar-refractivity contribution in [2.75, 3.05) is 13.7 Å². The van der Waals surface area contributed by atoms with Gasteiger partial charge in [0.2, 0.25) is 0 Å². The summed E-state index contributed by atoms with van der Waals surface area (Å²) in [6.45, 7) is 2.23. The van der Waals surface area contributed by atoms with E-state index in [1.807, 2.05) is 6.92 Å². The summed E-state index contributed by atoms with van der Waals surface area (Å²) in [6.07, 6.45) is 0.752. The van der Waals surface area contributed by atoms with Crippen molar-refractivity contribution in [3.8, 4) is 11.5 Å². The van der Waals surface area contributed by atoms with Crippen molar-refractivity contribution in [1.29, 1.82) is 0 Å². The van der Waals surface area contributed by atoms with Gasteiger partial charge >= 0.3 is 12.1 Å². The zero-order valence-electron chi connectivity index (χ0n) is 13.1. The molecule has 1 heterocycles. The number of hydrogen-bond acceptors (Lipinski definition) is 7. The van der Waals surface area contributed by atoms with Crippen LogP contribution in [0.4, 0.5) is 4.79 Å². The molecule has 126 valence electrons. The molecule has 0 atom stereocenters. The van der Waals surface area contributed by atoms with E-state index in [4.69, 9.17) is 9.47 Å². The van der Waals surface area contributed by atoms with E-state index in [-0.39, 0.29) is 0 Å². The fourth-order valence-corrected chi connectivity index (χ4v) is 2.31. The maximum atomic E-state index is 12.0. The lowest BCUT2D eigenvalue weighted by Crippen LogP contribution is -2.16.